The van der Waals surface area contributed by atoms with E-state index in [1.165, 1.54) is 11.3 Å². The van der Waals surface area contributed by atoms with Crippen molar-refractivity contribution in [3.05, 3.63) is 74.6 Å². The van der Waals surface area contributed by atoms with Crippen molar-refractivity contribution in [2.24, 2.45) is 16.7 Å². The van der Waals surface area contributed by atoms with Gasteiger partial charge in [-0.15, -0.1) is 16.4 Å². The first kappa shape index (κ1) is 41.0. The van der Waals surface area contributed by atoms with Crippen molar-refractivity contribution in [2.45, 2.75) is 40.2 Å². The smallest absolute Gasteiger partial charge is 0.261 e. The predicted octanol–water partition coefficient (Wildman–Crippen LogP) is 2.90. The van der Waals surface area contributed by atoms with Gasteiger partial charge in [0, 0.05) is 32.3 Å². The van der Waals surface area contributed by atoms with Crippen molar-refractivity contribution >= 4 is 75.0 Å². The van der Waals surface area contributed by atoms with Crippen LogP contribution in [0.5, 0.6) is 0 Å². The van der Waals surface area contributed by atoms with Gasteiger partial charge in [-0.1, -0.05) is 43.1 Å². The van der Waals surface area contributed by atoms with E-state index in [2.05, 4.69) is 36.6 Å². The molecule has 0 fully saturated rings. The van der Waals surface area contributed by atoms with Crippen molar-refractivity contribution in [2.75, 3.05) is 37.0 Å². The monoisotopic (exact) mass is 701 g/mol. The molecular weight excluding hydrogens is 658 g/mol. The highest BCUT2D eigenvalue weighted by atomic mass is 35.5. The van der Waals surface area contributed by atoms with Gasteiger partial charge in [-0.25, -0.2) is 16.4 Å². The third-order valence-electron chi connectivity index (χ3n) is 6.26. The molecule has 0 aliphatic rings. The number of aryl methyl sites for hydroxylation is 1. The average molecular weight is 702 g/mol. The zero-order valence-corrected chi connectivity index (χ0v) is 29.0. The SMILES string of the molecule is C=O.CC.CO.Cc1ccc(C(=O)NCCCCNC(=O)c2ccc(NCc3ccc4nc(N)nc(N)c4c3Cl)s2)c(/C(N)=N/NN)c1. The number of benzene rings is 2. The summed E-state index contributed by atoms with van der Waals surface area (Å²) in [6, 6.07) is 12.5. The maximum atomic E-state index is 12.7. The van der Waals surface area contributed by atoms with Crippen LogP contribution in [0.4, 0.5) is 16.8 Å². The van der Waals surface area contributed by atoms with E-state index in [1.54, 1.807) is 24.3 Å². The molecule has 0 saturated carbocycles. The maximum absolute atomic E-state index is 12.7. The number of nitrogen functional groups attached to an aromatic ring is 2. The van der Waals surface area contributed by atoms with E-state index in [-0.39, 0.29) is 29.4 Å². The summed E-state index contributed by atoms with van der Waals surface area (Å²) in [5.74, 6) is 5.20. The van der Waals surface area contributed by atoms with Gasteiger partial charge in [0.25, 0.3) is 11.8 Å². The number of carbonyl (C=O) groups excluding carboxylic acids is 3. The molecule has 48 heavy (non-hydrogen) atoms. The molecular formula is C31H44ClN11O4S. The molecule has 0 radical (unpaired) electrons. The summed E-state index contributed by atoms with van der Waals surface area (Å²) in [5, 5.41) is 21.6. The van der Waals surface area contributed by atoms with Crippen LogP contribution in [0.1, 0.15) is 63.4 Å². The molecule has 17 heteroatoms. The second kappa shape index (κ2) is 21.7. The number of amidine groups is 1. The van der Waals surface area contributed by atoms with Gasteiger partial charge in [0.05, 0.1) is 31.4 Å². The molecule has 0 aliphatic heterocycles. The Kier molecular flexibility index (Phi) is 18.5. The van der Waals surface area contributed by atoms with Crippen molar-refractivity contribution in [3.63, 3.8) is 0 Å². The van der Waals surface area contributed by atoms with Gasteiger partial charge in [-0.2, -0.15) is 4.98 Å². The lowest BCUT2D eigenvalue weighted by molar-refractivity contribution is -0.0980. The molecule has 15 nitrogen and oxygen atoms in total. The van der Waals surface area contributed by atoms with Crippen LogP contribution < -0.4 is 44.5 Å². The number of hydrogen-bond acceptors (Lipinski definition) is 13. The minimum atomic E-state index is -0.269. The number of unbranched alkanes of at least 4 members (excludes halogenated alkanes) is 1. The van der Waals surface area contributed by atoms with Crippen molar-refractivity contribution in [1.29, 1.82) is 0 Å². The summed E-state index contributed by atoms with van der Waals surface area (Å²) >= 11 is 7.89. The molecule has 260 valence electrons. The number of hydrogen-bond donors (Lipinski definition) is 9. The number of hydrazine groups is 1. The van der Waals surface area contributed by atoms with Crippen molar-refractivity contribution in [3.8, 4) is 0 Å². The Morgan fingerprint density at radius 2 is 1.60 bits per heavy atom. The van der Waals surface area contributed by atoms with E-state index in [0.717, 1.165) is 23.2 Å². The molecule has 0 bridgehead atoms. The molecule has 2 aromatic carbocycles. The van der Waals surface area contributed by atoms with Crippen LogP contribution in [0.3, 0.4) is 0 Å². The van der Waals surface area contributed by atoms with Crippen LogP contribution in [0.2, 0.25) is 5.02 Å². The standard InChI is InChI=1S/C27H32ClN11O2S.C2H6.CH4O.CH2O/c1-14-4-6-16(17(12-14)23(29)38-39-32)25(40)33-10-2-3-11-34-26(41)19-8-9-20(42-19)35-13-15-5-7-18-21(22(15)28)24(30)37-27(31)36-18;3*1-2/h4-9,12,35,39H,2-3,10-11,13,32H2,1H3,(H2,29,38)(H,33,40)(H,34,41)(H4,30,31,36,37);1-2H3;2H,1H3;1H2. The number of hydrazone groups is 1. The van der Waals surface area contributed by atoms with E-state index in [9.17, 15) is 9.59 Å². The van der Waals surface area contributed by atoms with Crippen LogP contribution in [-0.2, 0) is 11.3 Å². The molecule has 4 aromatic rings. The van der Waals surface area contributed by atoms with Gasteiger partial charge in [0.2, 0.25) is 5.95 Å². The highest BCUT2D eigenvalue weighted by molar-refractivity contribution is 7.17. The molecule has 2 amide bonds. The summed E-state index contributed by atoms with van der Waals surface area (Å²) in [7, 11) is 1.00. The minimum Gasteiger partial charge on any atom is -0.400 e. The van der Waals surface area contributed by atoms with Crippen LogP contribution in [0.25, 0.3) is 10.9 Å². The number of nitrogens with two attached hydrogens (primary N) is 4. The fourth-order valence-corrected chi connectivity index (χ4v) is 5.32. The van der Waals surface area contributed by atoms with E-state index in [1.807, 2.05) is 45.8 Å². The zero-order valence-electron chi connectivity index (χ0n) is 27.4. The molecule has 13 N–H and O–H groups in total. The summed E-state index contributed by atoms with van der Waals surface area (Å²) in [5.41, 5.74) is 22.9. The molecule has 4 rings (SSSR count). The highest BCUT2D eigenvalue weighted by Gasteiger charge is 2.15. The molecule has 0 unspecified atom stereocenters. The number of halogens is 1. The number of thiophene rings is 1. The van der Waals surface area contributed by atoms with Crippen LogP contribution in [0, 0.1) is 6.92 Å². The Bertz CT molecular complexity index is 1670. The van der Waals surface area contributed by atoms with Gasteiger partial charge < -0.3 is 43.1 Å². The highest BCUT2D eigenvalue weighted by Crippen LogP contribution is 2.31. The van der Waals surface area contributed by atoms with Gasteiger partial charge >= 0.3 is 0 Å². The molecule has 0 aliphatic carbocycles. The first-order valence-corrected chi connectivity index (χ1v) is 15.9. The van der Waals surface area contributed by atoms with Gasteiger partial charge in [-0.05, 0) is 55.7 Å². The van der Waals surface area contributed by atoms with Crippen LogP contribution in [0.15, 0.2) is 47.6 Å². The Morgan fingerprint density at radius 3 is 2.25 bits per heavy atom. The van der Waals surface area contributed by atoms with Gasteiger partial charge in [0.1, 0.15) is 12.6 Å². The fraction of sp³-hybridized carbons (Fsp3) is 0.290. The predicted molar refractivity (Wildman–Crippen MR) is 195 cm³/mol. The average Bonchev–Trinajstić information content (AvgIpc) is 3.57. The summed E-state index contributed by atoms with van der Waals surface area (Å²) in [6.07, 6.45) is 1.36. The third-order valence-corrected chi connectivity index (χ3v) is 7.74. The number of nitrogens with one attached hydrogen (secondary N) is 4. The Morgan fingerprint density at radius 1 is 0.958 bits per heavy atom. The Balaban J connectivity index is 0.00000182. The molecule has 2 heterocycles. The fourth-order valence-electron chi connectivity index (χ4n) is 4.18. The zero-order chi connectivity index (χ0) is 36.2. The largest absolute Gasteiger partial charge is 0.400 e. The van der Waals surface area contributed by atoms with Crippen LogP contribution >= 0.6 is 22.9 Å². The minimum absolute atomic E-state index is 0.0870. The Hall–Kier alpha value is -5.03. The lowest BCUT2D eigenvalue weighted by Gasteiger charge is -2.11. The first-order chi connectivity index (χ1) is 23.2. The van der Waals surface area contributed by atoms with Crippen LogP contribution in [-0.4, -0.2) is 59.7 Å². The number of aromatic nitrogens is 2. The molecule has 0 saturated heterocycles. The quantitative estimate of drug-likeness (QED) is 0.0339. The lowest BCUT2D eigenvalue weighted by Crippen LogP contribution is -2.30. The van der Waals surface area contributed by atoms with Crippen molar-refractivity contribution < 1.29 is 19.5 Å². The maximum Gasteiger partial charge on any atom is 0.261 e. The molecule has 0 spiro atoms. The van der Waals surface area contributed by atoms with Crippen molar-refractivity contribution in [1.82, 2.24) is 26.1 Å². The van der Waals surface area contributed by atoms with Gasteiger partial charge in [0.15, 0.2) is 5.84 Å². The summed E-state index contributed by atoms with van der Waals surface area (Å²) < 4.78 is 0. The second-order valence-corrected chi connectivity index (χ2v) is 10.8. The number of amides is 2. The first-order valence-electron chi connectivity index (χ1n) is 14.7. The normalized spacial score (nSPS) is 10.3. The number of fused-ring (bicyclic) bond motifs is 1. The number of nitrogens with zero attached hydrogens (tertiary/aromatic N) is 3. The third kappa shape index (κ3) is 11.6. The van der Waals surface area contributed by atoms with E-state index in [4.69, 9.17) is 44.5 Å². The summed E-state index contributed by atoms with van der Waals surface area (Å²) in [4.78, 5) is 42.0. The van der Waals surface area contributed by atoms with Gasteiger partial charge in [-0.3, -0.25) is 9.59 Å². The Labute approximate surface area is 288 Å². The van der Waals surface area contributed by atoms with E-state index in [0.29, 0.717) is 64.4 Å². The lowest BCUT2D eigenvalue weighted by atomic mass is 10.0. The summed E-state index contributed by atoms with van der Waals surface area (Å²) in [6.45, 7) is 9.21. The topological polar surface area (TPSA) is 262 Å². The number of aliphatic hydroxyl groups excluding tert-OH is 1. The number of anilines is 3. The second-order valence-electron chi connectivity index (χ2n) is 9.31. The number of aliphatic hydroxyl groups is 1. The number of rotatable bonds is 12. The molecule has 2 aromatic heterocycles. The van der Waals surface area contributed by atoms with E-state index < -0.39 is 0 Å². The number of carbonyl (C=O) groups is 3. The van der Waals surface area contributed by atoms with E-state index >= 15 is 0 Å². The molecule has 0 atom stereocenters.